The fourth-order valence-corrected chi connectivity index (χ4v) is 7.90. The maximum atomic E-state index is 6.18. The average molecular weight is 647 g/mol. The Kier molecular flexibility index (Phi) is 7.03. The number of rotatable bonds is 5. The lowest BCUT2D eigenvalue weighted by Gasteiger charge is -2.10. The number of thiophene rings is 1. The highest BCUT2D eigenvalue weighted by molar-refractivity contribution is 7.26. The summed E-state index contributed by atoms with van der Waals surface area (Å²) < 4.78 is 8.78. The van der Waals surface area contributed by atoms with Gasteiger partial charge in [0.2, 0.25) is 0 Å². The summed E-state index contributed by atoms with van der Waals surface area (Å²) in [6.45, 7) is 6.44. The van der Waals surface area contributed by atoms with Crippen molar-refractivity contribution in [3.05, 3.63) is 175 Å². The summed E-state index contributed by atoms with van der Waals surface area (Å²) in [5.41, 5.74) is 8.41. The number of aliphatic imine (C=N–C) groups is 2. The van der Waals surface area contributed by atoms with Crippen LogP contribution in [0.15, 0.2) is 173 Å². The van der Waals surface area contributed by atoms with E-state index in [4.69, 9.17) is 14.4 Å². The number of furan rings is 1. The first kappa shape index (κ1) is 29.1. The van der Waals surface area contributed by atoms with E-state index < -0.39 is 0 Å². The smallest absolute Gasteiger partial charge is 0.160 e. The number of hydrogen-bond acceptors (Lipinski definition) is 3. The lowest BCUT2D eigenvalue weighted by atomic mass is 10.0. The molecule has 0 amide bonds. The van der Waals surface area contributed by atoms with Gasteiger partial charge >= 0.3 is 0 Å². The van der Waals surface area contributed by atoms with Gasteiger partial charge in [-0.15, -0.1) is 11.3 Å². The molecule has 0 bridgehead atoms. The topological polar surface area (TPSA) is 37.9 Å². The Morgan fingerprint density at radius 1 is 0.551 bits per heavy atom. The van der Waals surface area contributed by atoms with E-state index in [0.29, 0.717) is 11.5 Å². The Bertz CT molecular complexity index is 2800. The standard InChI is InChI=1S/C45H30N2OS/c1-28(33-23-18-30-10-3-4-11-35(30)26-33)46-45(47-29(2)34-24-25-38-37-12-5-7-16-41(37)48-42(38)27-34)32-21-19-31(20-22-32)36-14-9-15-40-39-13-6-8-17-43(39)49-44(36)40/h3-27H,2H2,1H3. The number of benzene rings is 7. The Morgan fingerprint density at radius 3 is 2.12 bits per heavy atom. The van der Waals surface area contributed by atoms with Crippen LogP contribution >= 0.6 is 11.3 Å². The van der Waals surface area contributed by atoms with Gasteiger partial charge in [-0.3, -0.25) is 0 Å². The molecule has 0 saturated heterocycles. The Balaban J connectivity index is 1.13. The molecule has 0 aliphatic carbocycles. The normalized spacial score (nSPS) is 12.5. The second-order valence-corrected chi connectivity index (χ2v) is 13.4. The first-order valence-electron chi connectivity index (χ1n) is 16.3. The molecule has 0 unspecified atom stereocenters. The third-order valence-electron chi connectivity index (χ3n) is 9.25. The SMILES string of the molecule is C=C(N=C(N=C(C)c1ccc2ccccc2c1)c1ccc(-c2cccc3c2sc2ccccc23)cc1)c1ccc2c(c1)oc1ccccc12. The molecule has 3 nitrogen and oxygen atoms in total. The van der Waals surface area contributed by atoms with Gasteiger partial charge in [0.05, 0.1) is 5.70 Å². The van der Waals surface area contributed by atoms with Crippen molar-refractivity contribution in [1.82, 2.24) is 0 Å². The van der Waals surface area contributed by atoms with Gasteiger partial charge in [0.25, 0.3) is 0 Å². The lowest BCUT2D eigenvalue weighted by Crippen LogP contribution is -2.04. The molecule has 0 fully saturated rings. The minimum Gasteiger partial charge on any atom is -0.456 e. The maximum Gasteiger partial charge on any atom is 0.160 e. The van der Waals surface area contributed by atoms with Crippen LogP contribution in [0.1, 0.15) is 23.6 Å². The van der Waals surface area contributed by atoms with Crippen LogP contribution in [0.2, 0.25) is 0 Å². The van der Waals surface area contributed by atoms with Crippen LogP contribution in [-0.2, 0) is 0 Å². The first-order chi connectivity index (χ1) is 24.1. The molecule has 0 spiro atoms. The molecule has 2 heterocycles. The Hall–Kier alpha value is -6.10. The average Bonchev–Trinajstić information content (AvgIpc) is 3.72. The lowest BCUT2D eigenvalue weighted by molar-refractivity contribution is 0.669. The summed E-state index contributed by atoms with van der Waals surface area (Å²) in [5, 5.41) is 7.14. The molecule has 0 atom stereocenters. The van der Waals surface area contributed by atoms with Gasteiger partial charge in [0.15, 0.2) is 5.84 Å². The van der Waals surface area contributed by atoms with E-state index in [0.717, 1.165) is 49.9 Å². The molecule has 232 valence electrons. The molecule has 7 aromatic carbocycles. The van der Waals surface area contributed by atoms with E-state index in [2.05, 4.69) is 134 Å². The first-order valence-corrected chi connectivity index (χ1v) is 17.2. The van der Waals surface area contributed by atoms with E-state index in [1.165, 1.54) is 36.5 Å². The minimum atomic E-state index is 0.604. The molecule has 0 radical (unpaired) electrons. The summed E-state index contributed by atoms with van der Waals surface area (Å²) in [4.78, 5) is 10.2. The molecular weight excluding hydrogens is 617 g/mol. The van der Waals surface area contributed by atoms with Crippen LogP contribution in [0.5, 0.6) is 0 Å². The number of hydrogen-bond donors (Lipinski definition) is 0. The molecule has 2 aromatic heterocycles. The van der Waals surface area contributed by atoms with Crippen molar-refractivity contribution < 1.29 is 4.42 Å². The van der Waals surface area contributed by atoms with Gasteiger partial charge in [0, 0.05) is 47.8 Å². The van der Waals surface area contributed by atoms with Gasteiger partial charge in [-0.1, -0.05) is 128 Å². The fourth-order valence-electron chi connectivity index (χ4n) is 6.66. The van der Waals surface area contributed by atoms with E-state index in [1.54, 1.807) is 0 Å². The van der Waals surface area contributed by atoms with Crippen molar-refractivity contribution >= 4 is 81.5 Å². The van der Waals surface area contributed by atoms with Crippen LogP contribution < -0.4 is 0 Å². The highest BCUT2D eigenvalue weighted by Crippen LogP contribution is 2.40. The maximum absolute atomic E-state index is 6.18. The van der Waals surface area contributed by atoms with Crippen molar-refractivity contribution in [2.75, 3.05) is 0 Å². The van der Waals surface area contributed by atoms with Gasteiger partial charge in [0.1, 0.15) is 11.2 Å². The second kappa shape index (κ2) is 11.9. The molecule has 9 rings (SSSR count). The third kappa shape index (κ3) is 5.23. The predicted molar refractivity (Wildman–Crippen MR) is 210 cm³/mol. The van der Waals surface area contributed by atoms with Crippen LogP contribution in [0.4, 0.5) is 0 Å². The summed E-state index contributed by atoms with van der Waals surface area (Å²) in [5.74, 6) is 0.604. The number of nitrogens with zero attached hydrogens (tertiary/aromatic N) is 2. The zero-order chi connectivity index (χ0) is 32.9. The highest BCUT2D eigenvalue weighted by atomic mass is 32.1. The second-order valence-electron chi connectivity index (χ2n) is 12.3. The molecule has 0 aliphatic heterocycles. The van der Waals surface area contributed by atoms with Gasteiger partial charge in [-0.25, -0.2) is 9.98 Å². The molecule has 4 heteroatoms. The summed E-state index contributed by atoms with van der Waals surface area (Å²) >= 11 is 1.84. The van der Waals surface area contributed by atoms with Crippen molar-refractivity contribution in [2.45, 2.75) is 6.92 Å². The van der Waals surface area contributed by atoms with Crippen LogP contribution in [0.3, 0.4) is 0 Å². The zero-order valence-corrected chi connectivity index (χ0v) is 27.7. The molecule has 49 heavy (non-hydrogen) atoms. The van der Waals surface area contributed by atoms with Crippen LogP contribution in [0, 0.1) is 0 Å². The quantitative estimate of drug-likeness (QED) is 0.135. The minimum absolute atomic E-state index is 0.604. The van der Waals surface area contributed by atoms with Crippen molar-refractivity contribution in [2.24, 2.45) is 9.98 Å². The van der Waals surface area contributed by atoms with E-state index in [-0.39, 0.29) is 0 Å². The summed E-state index contributed by atoms with van der Waals surface area (Å²) in [6, 6.07) is 52.9. The predicted octanol–water partition coefficient (Wildman–Crippen LogP) is 12.7. The van der Waals surface area contributed by atoms with E-state index in [9.17, 15) is 0 Å². The van der Waals surface area contributed by atoms with Gasteiger partial charge in [-0.2, -0.15) is 0 Å². The third-order valence-corrected chi connectivity index (χ3v) is 10.5. The summed E-state index contributed by atoms with van der Waals surface area (Å²) in [6.07, 6.45) is 0. The molecule has 9 aromatic rings. The molecule has 0 N–H and O–H groups in total. The highest BCUT2D eigenvalue weighted by Gasteiger charge is 2.13. The van der Waals surface area contributed by atoms with Crippen molar-refractivity contribution in [1.29, 1.82) is 0 Å². The number of para-hydroxylation sites is 1. The monoisotopic (exact) mass is 646 g/mol. The van der Waals surface area contributed by atoms with E-state index in [1.807, 2.05) is 42.5 Å². The molecular formula is C45H30N2OS. The van der Waals surface area contributed by atoms with Crippen molar-refractivity contribution in [3.8, 4) is 11.1 Å². The number of fused-ring (bicyclic) bond motifs is 7. The zero-order valence-electron chi connectivity index (χ0n) is 26.9. The largest absolute Gasteiger partial charge is 0.456 e. The summed E-state index contributed by atoms with van der Waals surface area (Å²) in [7, 11) is 0. The Labute approximate surface area is 287 Å². The molecule has 0 aliphatic rings. The van der Waals surface area contributed by atoms with Crippen molar-refractivity contribution in [3.63, 3.8) is 0 Å². The van der Waals surface area contributed by atoms with E-state index >= 15 is 0 Å². The van der Waals surface area contributed by atoms with Crippen LogP contribution in [0.25, 0.3) is 69.7 Å². The molecule has 0 saturated carbocycles. The number of amidine groups is 1. The Morgan fingerprint density at radius 2 is 1.24 bits per heavy atom. The van der Waals surface area contributed by atoms with Crippen LogP contribution in [-0.4, -0.2) is 11.5 Å². The van der Waals surface area contributed by atoms with Gasteiger partial charge < -0.3 is 4.42 Å². The fraction of sp³-hybridized carbons (Fsp3) is 0.0222. The van der Waals surface area contributed by atoms with Gasteiger partial charge in [-0.05, 0) is 64.7 Å².